The van der Waals surface area contributed by atoms with Gasteiger partial charge in [0.15, 0.2) is 0 Å². The predicted octanol–water partition coefficient (Wildman–Crippen LogP) is 4.59. The van der Waals surface area contributed by atoms with Gasteiger partial charge in [-0.3, -0.25) is 0 Å². The lowest BCUT2D eigenvalue weighted by Crippen LogP contribution is -2.29. The molecular formula is C14H13BrClNO2S2. The average Bonchev–Trinajstić information content (AvgIpc) is 3.24. The number of nitrogens with one attached hydrogen (secondary N) is 1. The molecule has 1 aromatic heterocycles. The van der Waals surface area contributed by atoms with Crippen molar-refractivity contribution in [1.82, 2.24) is 4.72 Å². The van der Waals surface area contributed by atoms with Crippen LogP contribution in [0.5, 0.6) is 0 Å². The van der Waals surface area contributed by atoms with Crippen molar-refractivity contribution < 1.29 is 8.42 Å². The Labute approximate surface area is 141 Å². The van der Waals surface area contributed by atoms with Crippen LogP contribution in [0, 0.1) is 5.92 Å². The number of sulfonamides is 1. The van der Waals surface area contributed by atoms with E-state index in [4.69, 9.17) is 11.6 Å². The first-order valence-electron chi connectivity index (χ1n) is 6.49. The molecule has 1 N–H and O–H groups in total. The monoisotopic (exact) mass is 405 g/mol. The van der Waals surface area contributed by atoms with Crippen LogP contribution in [0.1, 0.15) is 24.4 Å². The van der Waals surface area contributed by atoms with Gasteiger partial charge in [-0.1, -0.05) is 41.9 Å². The van der Waals surface area contributed by atoms with Crippen LogP contribution >= 0.6 is 38.9 Å². The molecule has 1 aliphatic carbocycles. The molecule has 1 atom stereocenters. The molecule has 0 aliphatic heterocycles. The van der Waals surface area contributed by atoms with E-state index >= 15 is 0 Å². The Bertz CT molecular complexity index is 722. The van der Waals surface area contributed by atoms with Gasteiger partial charge in [-0.05, 0) is 46.3 Å². The van der Waals surface area contributed by atoms with Crippen molar-refractivity contribution in [3.8, 4) is 0 Å². The molecule has 0 saturated heterocycles. The van der Waals surface area contributed by atoms with Crippen molar-refractivity contribution in [3.05, 3.63) is 50.8 Å². The van der Waals surface area contributed by atoms with E-state index < -0.39 is 10.0 Å². The van der Waals surface area contributed by atoms with Crippen LogP contribution in [0.15, 0.2) is 44.4 Å². The van der Waals surface area contributed by atoms with Gasteiger partial charge in [0, 0.05) is 6.04 Å². The van der Waals surface area contributed by atoms with E-state index in [1.165, 1.54) is 6.07 Å². The van der Waals surface area contributed by atoms with E-state index in [1.54, 1.807) is 0 Å². The number of hydrogen-bond acceptors (Lipinski definition) is 3. The second-order valence-electron chi connectivity index (χ2n) is 5.03. The van der Waals surface area contributed by atoms with Gasteiger partial charge in [0.2, 0.25) is 0 Å². The Morgan fingerprint density at radius 1 is 1.29 bits per heavy atom. The zero-order valence-corrected chi connectivity index (χ0v) is 14.9. The molecule has 1 fully saturated rings. The highest BCUT2D eigenvalue weighted by atomic mass is 79.9. The third-order valence-corrected chi connectivity index (χ3v) is 7.81. The fourth-order valence-corrected chi connectivity index (χ4v) is 5.92. The van der Waals surface area contributed by atoms with E-state index in [0.29, 0.717) is 14.7 Å². The number of rotatable bonds is 5. The van der Waals surface area contributed by atoms with Gasteiger partial charge in [0.05, 0.1) is 8.81 Å². The summed E-state index contributed by atoms with van der Waals surface area (Å²) in [6, 6.07) is 11.0. The van der Waals surface area contributed by atoms with Gasteiger partial charge >= 0.3 is 0 Å². The van der Waals surface area contributed by atoms with E-state index in [0.717, 1.165) is 29.7 Å². The summed E-state index contributed by atoms with van der Waals surface area (Å²) in [6.07, 6.45) is 2.11. The standard InChI is InChI=1S/C14H13BrClNO2S2/c15-14-11(16)8-12(20-14)21(18,19)17-13(10-6-7-10)9-4-2-1-3-5-9/h1-5,8,10,13,17H,6-7H2. The van der Waals surface area contributed by atoms with Crippen molar-refractivity contribution in [1.29, 1.82) is 0 Å². The van der Waals surface area contributed by atoms with E-state index in [-0.39, 0.29) is 10.3 Å². The predicted molar refractivity (Wildman–Crippen MR) is 89.3 cm³/mol. The molecule has 0 radical (unpaired) electrons. The van der Waals surface area contributed by atoms with Crippen LogP contribution in [0.4, 0.5) is 0 Å². The minimum absolute atomic E-state index is 0.171. The van der Waals surface area contributed by atoms with Crippen LogP contribution in [0.25, 0.3) is 0 Å². The summed E-state index contributed by atoms with van der Waals surface area (Å²) in [4.78, 5) is 0. The largest absolute Gasteiger partial charge is 0.250 e. The van der Waals surface area contributed by atoms with Crippen molar-refractivity contribution in [3.63, 3.8) is 0 Å². The molecule has 1 aromatic carbocycles. The Morgan fingerprint density at radius 2 is 1.95 bits per heavy atom. The maximum absolute atomic E-state index is 12.5. The third kappa shape index (κ3) is 3.51. The highest BCUT2D eigenvalue weighted by Crippen LogP contribution is 2.42. The van der Waals surface area contributed by atoms with Crippen LogP contribution in [-0.2, 0) is 10.0 Å². The van der Waals surface area contributed by atoms with E-state index in [1.807, 2.05) is 30.3 Å². The van der Waals surface area contributed by atoms with Gasteiger partial charge < -0.3 is 0 Å². The number of halogens is 2. The zero-order chi connectivity index (χ0) is 15.0. The first-order chi connectivity index (χ1) is 9.97. The molecule has 21 heavy (non-hydrogen) atoms. The molecule has 0 bridgehead atoms. The van der Waals surface area contributed by atoms with Crippen LogP contribution < -0.4 is 4.72 Å². The first-order valence-corrected chi connectivity index (χ1v) is 9.96. The Hall–Kier alpha value is -0.400. The summed E-state index contributed by atoms with van der Waals surface area (Å²) < 4.78 is 28.8. The number of hydrogen-bond donors (Lipinski definition) is 1. The highest BCUT2D eigenvalue weighted by molar-refractivity contribution is 9.11. The average molecular weight is 407 g/mol. The van der Waals surface area contributed by atoms with E-state index in [9.17, 15) is 8.42 Å². The molecule has 1 unspecified atom stereocenters. The summed E-state index contributed by atoms with van der Waals surface area (Å²) in [7, 11) is -3.56. The molecule has 1 saturated carbocycles. The lowest BCUT2D eigenvalue weighted by Gasteiger charge is -2.18. The highest BCUT2D eigenvalue weighted by Gasteiger charge is 2.35. The van der Waals surface area contributed by atoms with Crippen molar-refractivity contribution in [2.45, 2.75) is 23.1 Å². The Balaban J connectivity index is 1.89. The molecule has 0 spiro atoms. The second-order valence-corrected chi connectivity index (χ2v) is 9.75. The Kier molecular flexibility index (Phi) is 4.43. The normalized spacial score (nSPS) is 16.9. The maximum atomic E-state index is 12.5. The lowest BCUT2D eigenvalue weighted by molar-refractivity contribution is 0.530. The van der Waals surface area contributed by atoms with Crippen molar-refractivity contribution in [2.24, 2.45) is 5.92 Å². The van der Waals surface area contributed by atoms with Gasteiger partial charge in [0.1, 0.15) is 4.21 Å². The van der Waals surface area contributed by atoms with Crippen LogP contribution in [0.3, 0.4) is 0 Å². The van der Waals surface area contributed by atoms with Gasteiger partial charge in [-0.2, -0.15) is 0 Å². The number of thiophene rings is 1. The summed E-state index contributed by atoms with van der Waals surface area (Å²) in [6.45, 7) is 0. The van der Waals surface area contributed by atoms with E-state index in [2.05, 4.69) is 20.7 Å². The quantitative estimate of drug-likeness (QED) is 0.789. The molecule has 1 aliphatic rings. The molecule has 3 nitrogen and oxygen atoms in total. The van der Waals surface area contributed by atoms with Crippen LogP contribution in [-0.4, -0.2) is 8.42 Å². The maximum Gasteiger partial charge on any atom is 0.250 e. The minimum atomic E-state index is -3.56. The first kappa shape index (κ1) is 15.5. The molecule has 2 aromatic rings. The Morgan fingerprint density at radius 3 is 2.48 bits per heavy atom. The van der Waals surface area contributed by atoms with Gasteiger partial charge in [-0.25, -0.2) is 13.1 Å². The molecule has 112 valence electrons. The fraction of sp³-hybridized carbons (Fsp3) is 0.286. The lowest BCUT2D eigenvalue weighted by atomic mass is 10.0. The molecular weight excluding hydrogens is 394 g/mol. The van der Waals surface area contributed by atoms with Crippen molar-refractivity contribution in [2.75, 3.05) is 0 Å². The molecule has 3 rings (SSSR count). The number of benzene rings is 1. The minimum Gasteiger partial charge on any atom is -0.206 e. The summed E-state index contributed by atoms with van der Waals surface area (Å²) >= 11 is 10.3. The van der Waals surface area contributed by atoms with Gasteiger partial charge in [0.25, 0.3) is 10.0 Å². The summed E-state index contributed by atoms with van der Waals surface area (Å²) in [5.41, 5.74) is 1.00. The SMILES string of the molecule is O=S(=O)(NC(c1ccccc1)C1CC1)c1cc(Cl)c(Br)s1. The summed E-state index contributed by atoms with van der Waals surface area (Å²) in [5, 5.41) is 0.419. The topological polar surface area (TPSA) is 46.2 Å². The van der Waals surface area contributed by atoms with Gasteiger partial charge in [-0.15, -0.1) is 11.3 Å². The third-order valence-electron chi connectivity index (χ3n) is 3.42. The smallest absolute Gasteiger partial charge is 0.206 e. The fourth-order valence-electron chi connectivity index (χ4n) is 2.21. The summed E-state index contributed by atoms with van der Waals surface area (Å²) in [5.74, 6) is 0.376. The molecule has 7 heteroatoms. The zero-order valence-electron chi connectivity index (χ0n) is 10.9. The van der Waals surface area contributed by atoms with Crippen molar-refractivity contribution >= 4 is 48.9 Å². The molecule has 0 amide bonds. The molecule has 1 heterocycles. The second kappa shape index (κ2) is 6.01. The van der Waals surface area contributed by atoms with Crippen LogP contribution in [0.2, 0.25) is 5.02 Å².